The van der Waals surface area contributed by atoms with Gasteiger partial charge in [0.2, 0.25) is 0 Å². The van der Waals surface area contributed by atoms with Crippen LogP contribution >= 0.6 is 11.8 Å². The standard InChI is InChI=1S/C10H14O2S/c1-13-10(9(11)12)6-7-2-4-8(10)5-3-7/h2,4,7-8H,3,5-6H2,1H3,(H,11,12)/t7-,8+,10?/m0/s1. The van der Waals surface area contributed by atoms with Crippen molar-refractivity contribution in [2.45, 2.75) is 24.0 Å². The Morgan fingerprint density at radius 1 is 1.54 bits per heavy atom. The predicted molar refractivity (Wildman–Crippen MR) is 53.9 cm³/mol. The number of aliphatic carboxylic acids is 1. The molecule has 0 aromatic rings. The molecule has 0 heterocycles. The third-order valence-corrected chi connectivity index (χ3v) is 4.73. The van der Waals surface area contributed by atoms with Crippen molar-refractivity contribution in [3.8, 4) is 0 Å². The van der Waals surface area contributed by atoms with Gasteiger partial charge in [-0.1, -0.05) is 12.2 Å². The average molecular weight is 198 g/mol. The zero-order chi connectivity index (χ0) is 9.47. The van der Waals surface area contributed by atoms with Gasteiger partial charge in [-0.2, -0.15) is 0 Å². The van der Waals surface area contributed by atoms with E-state index in [9.17, 15) is 9.90 Å². The number of hydrogen-bond donors (Lipinski definition) is 1. The lowest BCUT2D eigenvalue weighted by Crippen LogP contribution is -2.48. The molecular formula is C10H14O2S. The Morgan fingerprint density at radius 2 is 2.31 bits per heavy atom. The van der Waals surface area contributed by atoms with E-state index in [-0.39, 0.29) is 5.92 Å². The predicted octanol–water partition coefficient (Wildman–Crippen LogP) is 2.16. The van der Waals surface area contributed by atoms with Crippen LogP contribution in [0.5, 0.6) is 0 Å². The molecule has 0 amide bonds. The van der Waals surface area contributed by atoms with E-state index in [1.165, 1.54) is 18.2 Å². The van der Waals surface area contributed by atoms with Crippen LogP contribution in [0.15, 0.2) is 12.2 Å². The van der Waals surface area contributed by atoms with Gasteiger partial charge in [-0.15, -0.1) is 11.8 Å². The second-order valence-electron chi connectivity index (χ2n) is 3.93. The molecule has 1 saturated carbocycles. The minimum atomic E-state index is -0.626. The van der Waals surface area contributed by atoms with Crippen LogP contribution in [0.25, 0.3) is 0 Å². The third-order valence-electron chi connectivity index (χ3n) is 3.35. The summed E-state index contributed by atoms with van der Waals surface area (Å²) in [7, 11) is 0. The number of rotatable bonds is 2. The van der Waals surface area contributed by atoms with E-state index in [1.807, 2.05) is 6.26 Å². The molecule has 0 saturated heterocycles. The van der Waals surface area contributed by atoms with Gasteiger partial charge < -0.3 is 5.11 Å². The lowest BCUT2D eigenvalue weighted by molar-refractivity contribution is -0.142. The van der Waals surface area contributed by atoms with Crippen molar-refractivity contribution in [2.75, 3.05) is 6.26 Å². The second kappa shape index (κ2) is 3.05. The smallest absolute Gasteiger partial charge is 0.320 e. The number of thioether (sulfide) groups is 1. The van der Waals surface area contributed by atoms with Gasteiger partial charge in [-0.3, -0.25) is 4.79 Å². The maximum Gasteiger partial charge on any atom is 0.320 e. The van der Waals surface area contributed by atoms with Crippen molar-refractivity contribution < 1.29 is 9.90 Å². The van der Waals surface area contributed by atoms with Crippen molar-refractivity contribution in [1.29, 1.82) is 0 Å². The van der Waals surface area contributed by atoms with E-state index in [0.29, 0.717) is 5.92 Å². The van der Waals surface area contributed by atoms with Crippen LogP contribution < -0.4 is 0 Å². The summed E-state index contributed by atoms with van der Waals surface area (Å²) >= 11 is 1.51. The molecule has 1 fully saturated rings. The highest BCUT2D eigenvalue weighted by Gasteiger charge is 2.50. The fourth-order valence-corrected chi connectivity index (χ4v) is 3.60. The Hall–Kier alpha value is -0.440. The molecule has 0 aliphatic heterocycles. The largest absolute Gasteiger partial charge is 0.480 e. The van der Waals surface area contributed by atoms with Crippen LogP contribution in [0.2, 0.25) is 0 Å². The van der Waals surface area contributed by atoms with Crippen LogP contribution in [-0.2, 0) is 4.79 Å². The quantitative estimate of drug-likeness (QED) is 0.691. The molecule has 0 spiro atoms. The summed E-state index contributed by atoms with van der Waals surface area (Å²) in [4.78, 5) is 11.2. The number of hydrogen-bond acceptors (Lipinski definition) is 2. The zero-order valence-electron chi connectivity index (χ0n) is 7.69. The SMILES string of the molecule is CSC1(C(=O)O)C[C@H]2C=C[C@@H]1CC2. The van der Waals surface area contributed by atoms with Gasteiger partial charge >= 0.3 is 5.97 Å². The number of fused-ring (bicyclic) bond motifs is 2. The first-order valence-corrected chi connectivity index (χ1v) is 5.88. The maximum absolute atomic E-state index is 11.2. The van der Waals surface area contributed by atoms with Crippen molar-refractivity contribution >= 4 is 17.7 Å². The van der Waals surface area contributed by atoms with Gasteiger partial charge in [0.05, 0.1) is 0 Å². The summed E-state index contributed by atoms with van der Waals surface area (Å²) in [6.07, 6.45) is 9.28. The third kappa shape index (κ3) is 1.21. The topological polar surface area (TPSA) is 37.3 Å². The molecule has 3 rings (SSSR count). The van der Waals surface area contributed by atoms with Crippen LogP contribution in [0.4, 0.5) is 0 Å². The Kier molecular flexibility index (Phi) is 2.14. The van der Waals surface area contributed by atoms with E-state index in [4.69, 9.17) is 0 Å². The Labute approximate surface area is 82.4 Å². The molecule has 3 aliphatic rings. The van der Waals surface area contributed by atoms with Crippen LogP contribution in [0.1, 0.15) is 19.3 Å². The highest BCUT2D eigenvalue weighted by molar-refractivity contribution is 8.00. The van der Waals surface area contributed by atoms with Gasteiger partial charge in [0.15, 0.2) is 0 Å². The molecule has 0 aromatic heterocycles. The molecule has 0 radical (unpaired) electrons. The second-order valence-corrected chi connectivity index (χ2v) is 5.07. The summed E-state index contributed by atoms with van der Waals surface area (Å²) in [6.45, 7) is 0. The van der Waals surface area contributed by atoms with Gasteiger partial charge in [0.1, 0.15) is 4.75 Å². The normalized spacial score (nSPS) is 42.2. The van der Waals surface area contributed by atoms with Crippen LogP contribution in [0, 0.1) is 11.8 Å². The fraction of sp³-hybridized carbons (Fsp3) is 0.700. The van der Waals surface area contributed by atoms with Crippen LogP contribution in [-0.4, -0.2) is 22.1 Å². The minimum absolute atomic E-state index is 0.255. The molecule has 13 heavy (non-hydrogen) atoms. The fourth-order valence-electron chi connectivity index (χ4n) is 2.54. The van der Waals surface area contributed by atoms with Crippen molar-refractivity contribution in [3.05, 3.63) is 12.2 Å². The van der Waals surface area contributed by atoms with Gasteiger partial charge in [-0.25, -0.2) is 0 Å². The highest BCUT2D eigenvalue weighted by Crippen LogP contribution is 2.49. The van der Waals surface area contributed by atoms with Crippen molar-refractivity contribution in [1.82, 2.24) is 0 Å². The van der Waals surface area contributed by atoms with E-state index in [0.717, 1.165) is 12.8 Å². The van der Waals surface area contributed by atoms with Crippen molar-refractivity contribution in [3.63, 3.8) is 0 Å². The first kappa shape index (κ1) is 9.13. The molecule has 2 bridgehead atoms. The van der Waals surface area contributed by atoms with E-state index < -0.39 is 10.7 Å². The van der Waals surface area contributed by atoms with E-state index >= 15 is 0 Å². The molecule has 3 aliphatic carbocycles. The summed E-state index contributed by atoms with van der Waals surface area (Å²) in [5.74, 6) is 0.137. The van der Waals surface area contributed by atoms with E-state index in [1.54, 1.807) is 0 Å². The van der Waals surface area contributed by atoms with Gasteiger partial charge in [0, 0.05) is 5.92 Å². The Balaban J connectivity index is 2.33. The molecule has 1 unspecified atom stereocenters. The summed E-state index contributed by atoms with van der Waals surface area (Å²) in [5, 5.41) is 9.26. The molecule has 3 atom stereocenters. The molecular weight excluding hydrogens is 184 g/mol. The first-order valence-electron chi connectivity index (χ1n) is 4.66. The lowest BCUT2D eigenvalue weighted by atomic mass is 9.68. The Morgan fingerprint density at radius 3 is 2.54 bits per heavy atom. The Bertz CT molecular complexity index is 262. The van der Waals surface area contributed by atoms with Crippen molar-refractivity contribution in [2.24, 2.45) is 11.8 Å². The summed E-state index contributed by atoms with van der Waals surface area (Å²) in [5.41, 5.74) is 0. The summed E-state index contributed by atoms with van der Waals surface area (Å²) in [6, 6.07) is 0. The molecule has 1 N–H and O–H groups in total. The highest BCUT2D eigenvalue weighted by atomic mass is 32.2. The van der Waals surface area contributed by atoms with Gasteiger partial charge in [0.25, 0.3) is 0 Å². The monoisotopic (exact) mass is 198 g/mol. The lowest BCUT2D eigenvalue weighted by Gasteiger charge is -2.44. The molecule has 0 aromatic carbocycles. The number of allylic oxidation sites excluding steroid dienone is 2. The maximum atomic E-state index is 11.2. The zero-order valence-corrected chi connectivity index (χ0v) is 8.51. The average Bonchev–Trinajstić information content (AvgIpc) is 2.19. The summed E-state index contributed by atoms with van der Waals surface area (Å²) < 4.78 is -0.516. The molecule has 72 valence electrons. The minimum Gasteiger partial charge on any atom is -0.480 e. The molecule has 3 heteroatoms. The first-order chi connectivity index (χ1) is 6.19. The number of carboxylic acids is 1. The molecule has 2 nitrogen and oxygen atoms in total. The van der Waals surface area contributed by atoms with Gasteiger partial charge in [-0.05, 0) is 31.4 Å². The van der Waals surface area contributed by atoms with E-state index in [2.05, 4.69) is 12.2 Å². The van der Waals surface area contributed by atoms with Crippen LogP contribution in [0.3, 0.4) is 0 Å². The number of carbonyl (C=O) groups is 1. The number of carboxylic acid groups (broad SMARTS) is 1.